The van der Waals surface area contributed by atoms with Crippen LogP contribution in [-0.4, -0.2) is 16.2 Å². The van der Waals surface area contributed by atoms with Gasteiger partial charge in [0.15, 0.2) is 0 Å². The highest BCUT2D eigenvalue weighted by atomic mass is 19.1. The van der Waals surface area contributed by atoms with Gasteiger partial charge in [0.05, 0.1) is 0 Å². The first-order valence-corrected chi connectivity index (χ1v) is 1.09. The van der Waals surface area contributed by atoms with E-state index in [1.165, 1.54) is 0 Å². The summed E-state index contributed by atoms with van der Waals surface area (Å²) in [6.45, 7) is 0. The molecule has 0 aliphatic carbocycles. The van der Waals surface area contributed by atoms with E-state index in [1.54, 1.807) is 0 Å². The molecule has 0 unspecified atom stereocenters. The molecule has 35 valence electrons. The lowest BCUT2D eigenvalue weighted by Crippen LogP contribution is -2.02. The van der Waals surface area contributed by atoms with E-state index in [0.29, 0.717) is 0 Å². The van der Waals surface area contributed by atoms with Crippen LogP contribution in [0.4, 0.5) is 4.39 Å². The summed E-state index contributed by atoms with van der Waals surface area (Å²) in [6.07, 6.45) is -2.07. The van der Waals surface area contributed by atoms with Gasteiger partial charge in [0.2, 0.25) is 0 Å². The maximum Gasteiger partial charge on any atom is 0.376 e. The van der Waals surface area contributed by atoms with Gasteiger partial charge in [-0.15, -0.1) is 0 Å². The number of aliphatic hydroxyl groups excluding tert-OH is 1. The van der Waals surface area contributed by atoms with Crippen LogP contribution in [0, 0.1) is 6.36 Å². The van der Waals surface area contributed by atoms with E-state index in [4.69, 9.17) is 15.0 Å². The molecule has 0 atom stereocenters. The van der Waals surface area contributed by atoms with E-state index in [2.05, 4.69) is 0 Å². The molecule has 0 aliphatic rings. The number of halogens is 1. The number of hydrogen-bond acceptors (Lipinski definition) is 2. The summed E-state index contributed by atoms with van der Waals surface area (Å²) in [5, 5.41) is 14.6. The third kappa shape index (κ3) is 1.66. The summed E-state index contributed by atoms with van der Waals surface area (Å²) in [5.74, 6) is -1.94. The second-order valence-electron chi connectivity index (χ2n) is 0.596. The highest BCUT2D eigenvalue weighted by Gasteiger charge is 2.11. The van der Waals surface area contributed by atoms with E-state index in [-0.39, 0.29) is 0 Å². The van der Waals surface area contributed by atoms with Gasteiger partial charge in [-0.25, -0.2) is 4.79 Å². The average molecular weight is 93.0 g/mol. The summed E-state index contributed by atoms with van der Waals surface area (Å²) >= 11 is 0. The normalized spacial score (nSPS) is 9.17. The summed E-state index contributed by atoms with van der Waals surface area (Å²) in [4.78, 5) is 9.04. The minimum Gasteiger partial charge on any atom is -0.477 e. The second-order valence-corrected chi connectivity index (χ2v) is 0.596. The van der Waals surface area contributed by atoms with Gasteiger partial charge < -0.3 is 10.2 Å². The van der Waals surface area contributed by atoms with E-state index < -0.39 is 12.3 Å². The van der Waals surface area contributed by atoms with Crippen molar-refractivity contribution in [3.05, 3.63) is 6.36 Å². The topological polar surface area (TPSA) is 57.5 Å². The zero-order chi connectivity index (χ0) is 5.15. The van der Waals surface area contributed by atoms with Gasteiger partial charge >= 0.3 is 12.3 Å². The molecule has 2 N–H and O–H groups in total. The van der Waals surface area contributed by atoms with Crippen LogP contribution in [0.15, 0.2) is 0 Å². The first-order chi connectivity index (χ1) is 2.64. The third-order valence-electron chi connectivity index (χ3n) is 0.176. The Labute approximate surface area is 33.0 Å². The molecule has 0 aromatic heterocycles. The van der Waals surface area contributed by atoms with Crippen molar-refractivity contribution in [1.29, 1.82) is 0 Å². The Morgan fingerprint density at radius 1 is 1.50 bits per heavy atom. The van der Waals surface area contributed by atoms with E-state index in [1.807, 2.05) is 0 Å². The fourth-order valence-electron chi connectivity index (χ4n) is 0. The van der Waals surface area contributed by atoms with Crippen molar-refractivity contribution in [1.82, 2.24) is 0 Å². The molecule has 4 heteroatoms. The Morgan fingerprint density at radius 3 is 1.67 bits per heavy atom. The van der Waals surface area contributed by atoms with Crippen LogP contribution in [0.2, 0.25) is 0 Å². The maximum absolute atomic E-state index is 10.7. The van der Waals surface area contributed by atoms with E-state index in [9.17, 15) is 4.39 Å². The molecular weight excluding hydrogens is 91.0 g/mol. The van der Waals surface area contributed by atoms with E-state index >= 15 is 0 Å². The minimum absolute atomic E-state index is 1.94. The van der Waals surface area contributed by atoms with Gasteiger partial charge in [-0.3, -0.25) is 0 Å². The van der Waals surface area contributed by atoms with Gasteiger partial charge in [0, 0.05) is 0 Å². The molecular formula is C2H2FO3. The fraction of sp³-hybridized carbons (Fsp3) is 0. The highest BCUT2D eigenvalue weighted by molar-refractivity contribution is 5.77. The molecule has 0 fully saturated rings. The zero-order valence-corrected chi connectivity index (χ0v) is 2.68. The van der Waals surface area contributed by atoms with Crippen LogP contribution in [-0.2, 0) is 4.79 Å². The number of rotatable bonds is 1. The molecule has 0 aromatic carbocycles. The lowest BCUT2D eigenvalue weighted by Gasteiger charge is -1.81. The molecule has 6 heavy (non-hydrogen) atoms. The van der Waals surface area contributed by atoms with Crippen molar-refractivity contribution in [2.75, 3.05) is 0 Å². The summed E-state index contributed by atoms with van der Waals surface area (Å²) in [5.41, 5.74) is 0. The molecule has 3 nitrogen and oxygen atoms in total. The van der Waals surface area contributed by atoms with Crippen LogP contribution in [0.25, 0.3) is 0 Å². The zero-order valence-electron chi connectivity index (χ0n) is 2.68. The Balaban J connectivity index is 3.26. The van der Waals surface area contributed by atoms with Crippen LogP contribution in [0.1, 0.15) is 0 Å². The third-order valence-corrected chi connectivity index (χ3v) is 0.176. The monoisotopic (exact) mass is 93.0 g/mol. The van der Waals surface area contributed by atoms with Gasteiger partial charge in [0.1, 0.15) is 0 Å². The Morgan fingerprint density at radius 2 is 1.67 bits per heavy atom. The molecule has 0 aliphatic heterocycles. The van der Waals surface area contributed by atoms with Gasteiger partial charge in [-0.1, -0.05) is 0 Å². The molecule has 0 rings (SSSR count). The molecule has 1 radical (unpaired) electrons. The number of aliphatic carboxylic acids is 1. The van der Waals surface area contributed by atoms with Crippen molar-refractivity contribution >= 4 is 5.97 Å². The molecule has 0 amide bonds. The molecule has 0 aromatic rings. The summed E-state index contributed by atoms with van der Waals surface area (Å²) < 4.78 is 10.7. The summed E-state index contributed by atoms with van der Waals surface area (Å²) in [7, 11) is 0. The number of carboxylic acid groups (broad SMARTS) is 1. The average Bonchev–Trinajstić information content (AvgIpc) is 1.36. The molecule has 0 saturated heterocycles. The van der Waals surface area contributed by atoms with Crippen LogP contribution >= 0.6 is 0 Å². The highest BCUT2D eigenvalue weighted by Crippen LogP contribution is 1.90. The summed E-state index contributed by atoms with van der Waals surface area (Å²) in [6, 6.07) is 0. The predicted octanol–water partition coefficient (Wildman–Crippen LogP) is -0.0975. The standard InChI is InChI=1S/C2H2FO3/c3-1(4)2(5)6/h4H,(H,5,6). The first-order valence-electron chi connectivity index (χ1n) is 1.09. The van der Waals surface area contributed by atoms with E-state index in [0.717, 1.165) is 0 Å². The van der Waals surface area contributed by atoms with Crippen molar-refractivity contribution in [3.8, 4) is 0 Å². The van der Waals surface area contributed by atoms with Crippen molar-refractivity contribution in [2.24, 2.45) is 0 Å². The number of carbonyl (C=O) groups is 1. The maximum atomic E-state index is 10.7. The van der Waals surface area contributed by atoms with Crippen molar-refractivity contribution in [3.63, 3.8) is 0 Å². The quantitative estimate of drug-likeness (QED) is 0.476. The lowest BCUT2D eigenvalue weighted by molar-refractivity contribution is -0.144. The SMILES string of the molecule is O=C(O)[C](O)F. The largest absolute Gasteiger partial charge is 0.477 e. The second kappa shape index (κ2) is 1.71. The number of carboxylic acids is 1. The lowest BCUT2D eigenvalue weighted by atomic mass is 10.7. The number of hydrogen-bond donors (Lipinski definition) is 2. The van der Waals surface area contributed by atoms with Gasteiger partial charge in [-0.2, -0.15) is 4.39 Å². The van der Waals surface area contributed by atoms with Crippen LogP contribution < -0.4 is 0 Å². The number of aliphatic hydroxyl groups is 1. The minimum atomic E-state index is -2.07. The Hall–Kier alpha value is -0.640. The van der Waals surface area contributed by atoms with Crippen LogP contribution in [0.5, 0.6) is 0 Å². The molecule has 0 saturated carbocycles. The Kier molecular flexibility index (Phi) is 1.53. The van der Waals surface area contributed by atoms with Crippen LogP contribution in [0.3, 0.4) is 0 Å². The van der Waals surface area contributed by atoms with Gasteiger partial charge in [0.25, 0.3) is 0 Å². The smallest absolute Gasteiger partial charge is 0.376 e. The van der Waals surface area contributed by atoms with Crippen molar-refractivity contribution < 1.29 is 19.4 Å². The first kappa shape index (κ1) is 5.36. The molecule has 0 bridgehead atoms. The molecule has 0 spiro atoms. The predicted molar refractivity (Wildman–Crippen MR) is 13.9 cm³/mol. The Bertz CT molecular complexity index is 59.8. The van der Waals surface area contributed by atoms with Crippen molar-refractivity contribution in [2.45, 2.75) is 0 Å². The van der Waals surface area contributed by atoms with Gasteiger partial charge in [-0.05, 0) is 0 Å². The molecule has 0 heterocycles. The fourth-order valence-corrected chi connectivity index (χ4v) is 0.